The largest absolute Gasteiger partial charge is 0.465 e. The molecule has 2 aromatic rings. The van der Waals surface area contributed by atoms with Crippen LogP contribution in [-0.2, 0) is 4.74 Å². The first-order chi connectivity index (χ1) is 7.92. The lowest BCUT2D eigenvalue weighted by Crippen LogP contribution is -2.20. The van der Waals surface area contributed by atoms with Gasteiger partial charge in [-0.15, -0.1) is 0 Å². The second-order valence-electron chi connectivity index (χ2n) is 4.45. The first-order valence-electron chi connectivity index (χ1n) is 5.75. The van der Waals surface area contributed by atoms with Crippen LogP contribution in [0, 0.1) is 0 Å². The first-order valence-corrected chi connectivity index (χ1v) is 5.75. The Morgan fingerprint density at radius 3 is 2.94 bits per heavy atom. The van der Waals surface area contributed by atoms with Crippen molar-refractivity contribution in [2.45, 2.75) is 25.2 Å². The van der Waals surface area contributed by atoms with Crippen LogP contribution in [0.2, 0.25) is 0 Å². The predicted molar refractivity (Wildman–Crippen MR) is 61.4 cm³/mol. The van der Waals surface area contributed by atoms with Gasteiger partial charge in [0, 0.05) is 12.0 Å². The van der Waals surface area contributed by atoms with Gasteiger partial charge in [0.25, 0.3) is 0 Å². The number of hydrogen-bond donors (Lipinski definition) is 0. The standard InChI is InChI=1S/C14H12O2/c1-2-4-10-9(3-1)5-6-11-14(10)12-7-8-13(15-11)16-12/h1-6,12-13H,7-8H2. The summed E-state index contributed by atoms with van der Waals surface area (Å²) in [6, 6.07) is 12.6. The van der Waals surface area contributed by atoms with Gasteiger partial charge in [0.1, 0.15) is 5.75 Å². The van der Waals surface area contributed by atoms with Crippen molar-refractivity contribution in [2.75, 3.05) is 0 Å². The molecule has 4 rings (SSSR count). The van der Waals surface area contributed by atoms with Crippen molar-refractivity contribution in [2.24, 2.45) is 0 Å². The van der Waals surface area contributed by atoms with Crippen molar-refractivity contribution in [3.05, 3.63) is 42.0 Å². The minimum atomic E-state index is -0.0151. The molecule has 0 amide bonds. The lowest BCUT2D eigenvalue weighted by molar-refractivity contribution is -0.0925. The topological polar surface area (TPSA) is 18.5 Å². The number of rotatable bonds is 0. The van der Waals surface area contributed by atoms with Crippen LogP contribution in [0.1, 0.15) is 24.5 Å². The van der Waals surface area contributed by atoms with Crippen molar-refractivity contribution in [3.63, 3.8) is 0 Å². The van der Waals surface area contributed by atoms with Crippen molar-refractivity contribution in [3.8, 4) is 5.75 Å². The van der Waals surface area contributed by atoms with E-state index in [1.165, 1.54) is 16.3 Å². The van der Waals surface area contributed by atoms with Crippen LogP contribution >= 0.6 is 0 Å². The number of fused-ring (bicyclic) bond motifs is 6. The highest BCUT2D eigenvalue weighted by molar-refractivity contribution is 5.88. The zero-order chi connectivity index (χ0) is 10.5. The van der Waals surface area contributed by atoms with Crippen LogP contribution in [-0.4, -0.2) is 6.29 Å². The van der Waals surface area contributed by atoms with Gasteiger partial charge in [0.05, 0.1) is 6.10 Å². The molecule has 2 heterocycles. The van der Waals surface area contributed by atoms with Gasteiger partial charge in [0.15, 0.2) is 0 Å². The van der Waals surface area contributed by atoms with E-state index in [4.69, 9.17) is 9.47 Å². The summed E-state index contributed by atoms with van der Waals surface area (Å²) in [4.78, 5) is 0. The smallest absolute Gasteiger partial charge is 0.200 e. The molecule has 2 aliphatic rings. The first kappa shape index (κ1) is 8.59. The van der Waals surface area contributed by atoms with E-state index in [-0.39, 0.29) is 12.4 Å². The van der Waals surface area contributed by atoms with E-state index in [1.54, 1.807) is 0 Å². The van der Waals surface area contributed by atoms with E-state index in [2.05, 4.69) is 36.4 Å². The SMILES string of the molecule is c1ccc2c3c(ccc2c1)OC1CCC3O1. The fourth-order valence-electron chi connectivity index (χ4n) is 2.76. The molecule has 0 N–H and O–H groups in total. The van der Waals surface area contributed by atoms with Crippen molar-refractivity contribution < 1.29 is 9.47 Å². The van der Waals surface area contributed by atoms with Crippen molar-refractivity contribution in [1.29, 1.82) is 0 Å². The fraction of sp³-hybridized carbons (Fsp3) is 0.286. The Bertz CT molecular complexity index is 562. The summed E-state index contributed by atoms with van der Waals surface area (Å²) in [5.41, 5.74) is 1.24. The van der Waals surface area contributed by atoms with E-state index in [0.29, 0.717) is 0 Å². The molecule has 0 saturated carbocycles. The summed E-state index contributed by atoms with van der Waals surface area (Å²) >= 11 is 0. The normalized spacial score (nSPS) is 26.5. The Hall–Kier alpha value is -1.54. The molecule has 0 spiro atoms. The lowest BCUT2D eigenvalue weighted by atomic mass is 9.98. The van der Waals surface area contributed by atoms with E-state index in [0.717, 1.165) is 18.6 Å². The van der Waals surface area contributed by atoms with Gasteiger partial charge in [-0.1, -0.05) is 30.3 Å². The number of benzene rings is 2. The van der Waals surface area contributed by atoms with Gasteiger partial charge in [-0.3, -0.25) is 0 Å². The van der Waals surface area contributed by atoms with Gasteiger partial charge < -0.3 is 9.47 Å². The minimum absolute atomic E-state index is 0.0151. The molecule has 1 fully saturated rings. The molecule has 2 aromatic carbocycles. The summed E-state index contributed by atoms with van der Waals surface area (Å²) in [5, 5.41) is 2.53. The van der Waals surface area contributed by atoms with E-state index in [9.17, 15) is 0 Å². The van der Waals surface area contributed by atoms with Crippen LogP contribution in [0.15, 0.2) is 36.4 Å². The maximum atomic E-state index is 5.81. The highest BCUT2D eigenvalue weighted by atomic mass is 16.7. The highest BCUT2D eigenvalue weighted by Gasteiger charge is 2.36. The minimum Gasteiger partial charge on any atom is -0.465 e. The number of hydrogen-bond acceptors (Lipinski definition) is 2. The molecule has 0 aromatic heterocycles. The highest BCUT2D eigenvalue weighted by Crippen LogP contribution is 2.46. The zero-order valence-electron chi connectivity index (χ0n) is 8.85. The summed E-state index contributed by atoms with van der Waals surface area (Å²) in [6.07, 6.45) is 2.30. The van der Waals surface area contributed by atoms with Crippen LogP contribution in [0.25, 0.3) is 10.8 Å². The molecule has 80 valence electrons. The third-order valence-corrected chi connectivity index (χ3v) is 3.49. The maximum absolute atomic E-state index is 5.81. The van der Waals surface area contributed by atoms with Crippen molar-refractivity contribution >= 4 is 10.8 Å². The van der Waals surface area contributed by atoms with Gasteiger partial charge in [-0.05, 0) is 23.3 Å². The summed E-state index contributed by atoms with van der Waals surface area (Å²) in [5.74, 6) is 1.01. The summed E-state index contributed by atoms with van der Waals surface area (Å²) < 4.78 is 11.6. The molecule has 0 aliphatic carbocycles. The van der Waals surface area contributed by atoms with Crippen LogP contribution in [0.4, 0.5) is 0 Å². The van der Waals surface area contributed by atoms with Gasteiger partial charge in [-0.2, -0.15) is 0 Å². The Morgan fingerprint density at radius 2 is 1.94 bits per heavy atom. The molecule has 2 bridgehead atoms. The van der Waals surface area contributed by atoms with Gasteiger partial charge >= 0.3 is 0 Å². The molecular formula is C14H12O2. The van der Waals surface area contributed by atoms with Crippen LogP contribution in [0.5, 0.6) is 5.75 Å². The molecule has 2 heteroatoms. The molecule has 2 atom stereocenters. The maximum Gasteiger partial charge on any atom is 0.200 e. The Kier molecular flexibility index (Phi) is 1.60. The molecule has 2 nitrogen and oxygen atoms in total. The molecular weight excluding hydrogens is 200 g/mol. The molecule has 1 saturated heterocycles. The molecule has 16 heavy (non-hydrogen) atoms. The molecule has 2 unspecified atom stereocenters. The third-order valence-electron chi connectivity index (χ3n) is 3.49. The van der Waals surface area contributed by atoms with Gasteiger partial charge in [-0.25, -0.2) is 0 Å². The van der Waals surface area contributed by atoms with Crippen molar-refractivity contribution in [1.82, 2.24) is 0 Å². The average molecular weight is 212 g/mol. The Morgan fingerprint density at radius 1 is 1.00 bits per heavy atom. The average Bonchev–Trinajstić information content (AvgIpc) is 2.71. The Labute approximate surface area is 93.8 Å². The number of ether oxygens (including phenoxy) is 2. The third kappa shape index (κ3) is 1.05. The molecule has 2 aliphatic heterocycles. The lowest BCUT2D eigenvalue weighted by Gasteiger charge is -2.25. The van der Waals surface area contributed by atoms with E-state index in [1.807, 2.05) is 0 Å². The fourth-order valence-corrected chi connectivity index (χ4v) is 2.76. The second-order valence-corrected chi connectivity index (χ2v) is 4.45. The summed E-state index contributed by atoms with van der Waals surface area (Å²) in [6.45, 7) is 0. The monoisotopic (exact) mass is 212 g/mol. The van der Waals surface area contributed by atoms with E-state index < -0.39 is 0 Å². The van der Waals surface area contributed by atoms with E-state index >= 15 is 0 Å². The second kappa shape index (κ2) is 2.98. The predicted octanol–water partition coefficient (Wildman–Crippen LogP) is 3.41. The van der Waals surface area contributed by atoms with Gasteiger partial charge in [0.2, 0.25) is 6.29 Å². The summed E-state index contributed by atoms with van der Waals surface area (Å²) in [7, 11) is 0. The molecule has 0 radical (unpaired) electrons. The Balaban J connectivity index is 2.06. The quantitative estimate of drug-likeness (QED) is 0.666. The van der Waals surface area contributed by atoms with Crippen LogP contribution in [0.3, 0.4) is 0 Å². The zero-order valence-corrected chi connectivity index (χ0v) is 8.85. The van der Waals surface area contributed by atoms with Crippen LogP contribution < -0.4 is 4.74 Å².